The number of non-ortho nitro benzene ring substituents is 1. The Morgan fingerprint density at radius 2 is 1.66 bits per heavy atom. The number of ether oxygens (including phenoxy) is 3. The van der Waals surface area contributed by atoms with Crippen molar-refractivity contribution in [1.82, 2.24) is 4.90 Å². The number of carbonyl (C=O) groups excluding carboxylic acids is 3. The van der Waals surface area contributed by atoms with E-state index >= 15 is 0 Å². The average Bonchev–Trinajstić information content (AvgIpc) is 3.19. The molecule has 0 aliphatic carbocycles. The SMILES string of the molecule is COC(=O)c1ccc(COc2ccc(/C=C3\SC(=O)N(Cc4ccc([N+](=O)[O-])cc4)C3=O)cc2OC)cc1. The maximum atomic E-state index is 12.9. The van der Waals surface area contributed by atoms with Crippen molar-refractivity contribution in [3.63, 3.8) is 0 Å². The fourth-order valence-corrected chi connectivity index (χ4v) is 4.44. The molecule has 4 rings (SSSR count). The molecular formula is C27H22N2O8S. The molecule has 0 aromatic heterocycles. The molecule has 0 saturated carbocycles. The zero-order valence-corrected chi connectivity index (χ0v) is 21.2. The summed E-state index contributed by atoms with van der Waals surface area (Å²) in [5.74, 6) is 0.0509. The molecule has 10 nitrogen and oxygen atoms in total. The van der Waals surface area contributed by atoms with Crippen molar-refractivity contribution in [1.29, 1.82) is 0 Å². The Morgan fingerprint density at radius 3 is 2.29 bits per heavy atom. The first-order valence-corrected chi connectivity index (χ1v) is 12.1. The third-order valence-corrected chi connectivity index (χ3v) is 6.52. The lowest BCUT2D eigenvalue weighted by atomic mass is 10.1. The Bertz CT molecular complexity index is 1420. The van der Waals surface area contributed by atoms with Crippen molar-refractivity contribution < 1.29 is 33.5 Å². The molecule has 1 aliphatic heterocycles. The van der Waals surface area contributed by atoms with Crippen LogP contribution in [0.1, 0.15) is 27.0 Å². The van der Waals surface area contributed by atoms with E-state index in [1.807, 2.05) is 0 Å². The smallest absolute Gasteiger partial charge is 0.337 e. The summed E-state index contributed by atoms with van der Waals surface area (Å²) in [5, 5.41) is 10.4. The summed E-state index contributed by atoms with van der Waals surface area (Å²) in [4.78, 5) is 48.6. The van der Waals surface area contributed by atoms with Crippen molar-refractivity contribution in [3.05, 3.63) is 104 Å². The molecule has 0 spiro atoms. The largest absolute Gasteiger partial charge is 0.493 e. The topological polar surface area (TPSA) is 125 Å². The molecule has 0 bridgehead atoms. The molecule has 1 heterocycles. The van der Waals surface area contributed by atoms with E-state index in [2.05, 4.69) is 0 Å². The highest BCUT2D eigenvalue weighted by molar-refractivity contribution is 8.18. The summed E-state index contributed by atoms with van der Waals surface area (Å²) in [5.41, 5.74) is 2.45. The van der Waals surface area contributed by atoms with Crippen LogP contribution in [0.4, 0.5) is 10.5 Å². The van der Waals surface area contributed by atoms with Crippen LogP contribution in [-0.2, 0) is 22.7 Å². The minimum absolute atomic E-state index is 0.0106. The van der Waals surface area contributed by atoms with E-state index in [-0.39, 0.29) is 23.7 Å². The van der Waals surface area contributed by atoms with Gasteiger partial charge in [-0.2, -0.15) is 0 Å². The third-order valence-electron chi connectivity index (χ3n) is 5.62. The second kappa shape index (κ2) is 11.6. The second-order valence-electron chi connectivity index (χ2n) is 8.08. The fourth-order valence-electron chi connectivity index (χ4n) is 3.60. The normalized spacial score (nSPS) is 14.1. The van der Waals surface area contributed by atoms with Gasteiger partial charge in [0.25, 0.3) is 16.8 Å². The van der Waals surface area contributed by atoms with E-state index < -0.39 is 22.0 Å². The summed E-state index contributed by atoms with van der Waals surface area (Å²) in [6.45, 7) is 0.245. The lowest BCUT2D eigenvalue weighted by molar-refractivity contribution is -0.384. The maximum absolute atomic E-state index is 12.9. The average molecular weight is 535 g/mol. The highest BCUT2D eigenvalue weighted by atomic mass is 32.2. The van der Waals surface area contributed by atoms with Gasteiger partial charge in [0.15, 0.2) is 11.5 Å². The van der Waals surface area contributed by atoms with Crippen LogP contribution in [0.3, 0.4) is 0 Å². The number of nitro groups is 1. The van der Waals surface area contributed by atoms with Gasteiger partial charge in [-0.15, -0.1) is 0 Å². The number of nitro benzene ring substituents is 1. The minimum atomic E-state index is -0.513. The molecule has 2 amide bonds. The highest BCUT2D eigenvalue weighted by Gasteiger charge is 2.35. The Balaban J connectivity index is 1.43. The van der Waals surface area contributed by atoms with Crippen molar-refractivity contribution in [2.45, 2.75) is 13.2 Å². The van der Waals surface area contributed by atoms with Gasteiger partial charge >= 0.3 is 5.97 Å². The summed E-state index contributed by atoms with van der Waals surface area (Å²) in [7, 11) is 2.82. The summed E-state index contributed by atoms with van der Waals surface area (Å²) < 4.78 is 16.0. The van der Waals surface area contributed by atoms with E-state index in [0.29, 0.717) is 28.2 Å². The predicted octanol–water partition coefficient (Wildman–Crippen LogP) is 5.21. The van der Waals surface area contributed by atoms with Gasteiger partial charge in [-0.05, 0) is 58.8 Å². The number of rotatable bonds is 9. The fraction of sp³-hybridized carbons (Fsp3) is 0.148. The quantitative estimate of drug-likeness (QED) is 0.157. The van der Waals surface area contributed by atoms with Crippen LogP contribution in [0.25, 0.3) is 6.08 Å². The van der Waals surface area contributed by atoms with Gasteiger partial charge in [0.2, 0.25) is 0 Å². The monoisotopic (exact) mass is 534 g/mol. The number of nitrogens with zero attached hydrogens (tertiary/aromatic N) is 2. The number of hydrogen-bond acceptors (Lipinski definition) is 9. The second-order valence-corrected chi connectivity index (χ2v) is 9.07. The number of carbonyl (C=O) groups is 3. The van der Waals surface area contributed by atoms with Gasteiger partial charge in [0.05, 0.1) is 36.2 Å². The summed E-state index contributed by atoms with van der Waals surface area (Å²) in [6, 6.07) is 17.7. The molecule has 11 heteroatoms. The molecule has 0 atom stereocenters. The molecular weight excluding hydrogens is 512 g/mol. The van der Waals surface area contributed by atoms with Gasteiger partial charge in [-0.25, -0.2) is 4.79 Å². The number of thioether (sulfide) groups is 1. The van der Waals surface area contributed by atoms with E-state index in [1.54, 1.807) is 48.5 Å². The molecule has 3 aromatic carbocycles. The molecule has 0 radical (unpaired) electrons. The molecule has 194 valence electrons. The Kier molecular flexibility index (Phi) is 8.07. The van der Waals surface area contributed by atoms with Crippen LogP contribution in [0.2, 0.25) is 0 Å². The molecule has 0 N–H and O–H groups in total. The van der Waals surface area contributed by atoms with Crippen LogP contribution < -0.4 is 9.47 Å². The van der Waals surface area contributed by atoms with E-state index in [0.717, 1.165) is 22.2 Å². The van der Waals surface area contributed by atoms with Gasteiger partial charge in [-0.3, -0.25) is 24.6 Å². The summed E-state index contributed by atoms with van der Waals surface area (Å²) in [6.07, 6.45) is 1.60. The first-order chi connectivity index (χ1) is 18.3. The zero-order chi connectivity index (χ0) is 27.2. The minimum Gasteiger partial charge on any atom is -0.493 e. The maximum Gasteiger partial charge on any atom is 0.337 e. The predicted molar refractivity (Wildman–Crippen MR) is 140 cm³/mol. The van der Waals surface area contributed by atoms with Gasteiger partial charge in [-0.1, -0.05) is 30.3 Å². The van der Waals surface area contributed by atoms with Gasteiger partial charge in [0.1, 0.15) is 6.61 Å². The molecule has 38 heavy (non-hydrogen) atoms. The van der Waals surface area contributed by atoms with Gasteiger partial charge < -0.3 is 14.2 Å². The van der Waals surface area contributed by atoms with E-state index in [9.17, 15) is 24.5 Å². The Hall–Kier alpha value is -4.64. The highest BCUT2D eigenvalue weighted by Crippen LogP contribution is 2.35. The summed E-state index contributed by atoms with van der Waals surface area (Å²) >= 11 is 0.819. The molecule has 1 saturated heterocycles. The van der Waals surface area contributed by atoms with E-state index in [4.69, 9.17) is 14.2 Å². The van der Waals surface area contributed by atoms with Crippen LogP contribution in [0, 0.1) is 10.1 Å². The Labute approximate surface area is 221 Å². The molecule has 0 unspecified atom stereocenters. The van der Waals surface area contributed by atoms with Crippen molar-refractivity contribution in [2.75, 3.05) is 14.2 Å². The number of methoxy groups -OCH3 is 2. The van der Waals surface area contributed by atoms with Crippen LogP contribution in [0.5, 0.6) is 11.5 Å². The number of esters is 1. The number of hydrogen-bond donors (Lipinski definition) is 0. The standard InChI is InChI=1S/C27H22N2O8S/c1-35-23-13-19(7-12-22(23)37-16-18-3-8-20(9-4-18)26(31)36-2)14-24-25(30)28(27(32)38-24)15-17-5-10-21(11-6-17)29(33)34/h3-14H,15-16H2,1-2H3/b24-14-. The van der Waals surface area contributed by atoms with E-state index in [1.165, 1.54) is 38.5 Å². The molecule has 3 aromatic rings. The van der Waals surface area contributed by atoms with Crippen molar-refractivity contribution in [3.8, 4) is 11.5 Å². The number of amides is 2. The molecule has 1 aliphatic rings. The molecule has 1 fully saturated rings. The Morgan fingerprint density at radius 1 is 0.974 bits per heavy atom. The number of imide groups is 1. The van der Waals surface area contributed by atoms with Crippen molar-refractivity contribution in [2.24, 2.45) is 0 Å². The first-order valence-electron chi connectivity index (χ1n) is 11.3. The van der Waals surface area contributed by atoms with Crippen molar-refractivity contribution >= 4 is 40.6 Å². The zero-order valence-electron chi connectivity index (χ0n) is 20.4. The number of benzene rings is 3. The van der Waals surface area contributed by atoms with Crippen LogP contribution >= 0.6 is 11.8 Å². The van der Waals surface area contributed by atoms with Crippen LogP contribution in [-0.4, -0.2) is 41.2 Å². The van der Waals surface area contributed by atoms with Crippen LogP contribution in [0.15, 0.2) is 71.6 Å². The lowest BCUT2D eigenvalue weighted by Crippen LogP contribution is -2.27. The third kappa shape index (κ3) is 6.01. The van der Waals surface area contributed by atoms with Gasteiger partial charge in [0, 0.05) is 12.1 Å². The first kappa shape index (κ1) is 26.4. The lowest BCUT2D eigenvalue weighted by Gasteiger charge is -2.12.